The molecule has 0 aromatic heterocycles. The molecule has 1 aliphatic rings. The number of carbonyl (C=O) groups excluding carboxylic acids is 3. The highest BCUT2D eigenvalue weighted by molar-refractivity contribution is 6.24. The van der Waals surface area contributed by atoms with Crippen molar-refractivity contribution in [3.8, 4) is 0 Å². The van der Waals surface area contributed by atoms with Crippen molar-refractivity contribution in [3.63, 3.8) is 0 Å². The molecule has 1 heterocycles. The van der Waals surface area contributed by atoms with Gasteiger partial charge in [-0.25, -0.2) is 0 Å². The van der Waals surface area contributed by atoms with E-state index in [1.165, 1.54) is 6.07 Å². The normalized spacial score (nSPS) is 13.9. The van der Waals surface area contributed by atoms with Crippen molar-refractivity contribution in [1.29, 1.82) is 0 Å². The van der Waals surface area contributed by atoms with E-state index in [1.54, 1.807) is 26.0 Å². The smallest absolute Gasteiger partial charge is 0.264 e. The van der Waals surface area contributed by atoms with Gasteiger partial charge in [-0.3, -0.25) is 19.3 Å². The standard InChI is InChI=1S/C13H15N3O3/c1-7(2)15-10(17)6-16-12(18)8-4-3-5-9(14)11(8)13(16)19/h3-5,7H,6,14H2,1-2H3,(H,15,17). The number of nitrogens with two attached hydrogens (primary N) is 1. The fourth-order valence-corrected chi connectivity index (χ4v) is 2.01. The lowest BCUT2D eigenvalue weighted by molar-refractivity contribution is -0.121. The second-order valence-corrected chi connectivity index (χ2v) is 4.69. The molecule has 100 valence electrons. The molecular formula is C13H15N3O3. The van der Waals surface area contributed by atoms with Crippen LogP contribution in [0.3, 0.4) is 0 Å². The summed E-state index contributed by atoms with van der Waals surface area (Å²) >= 11 is 0. The molecule has 0 atom stereocenters. The lowest BCUT2D eigenvalue weighted by Crippen LogP contribution is -2.42. The third kappa shape index (κ3) is 2.29. The Hall–Kier alpha value is -2.37. The molecule has 0 aliphatic carbocycles. The summed E-state index contributed by atoms with van der Waals surface area (Å²) in [6.07, 6.45) is 0. The molecule has 2 rings (SSSR count). The number of hydrogen-bond acceptors (Lipinski definition) is 4. The average molecular weight is 261 g/mol. The number of anilines is 1. The predicted octanol–water partition coefficient (Wildman–Crippen LogP) is 0.389. The second-order valence-electron chi connectivity index (χ2n) is 4.69. The minimum Gasteiger partial charge on any atom is -0.398 e. The van der Waals surface area contributed by atoms with Crippen molar-refractivity contribution in [2.75, 3.05) is 12.3 Å². The van der Waals surface area contributed by atoms with Crippen LogP contribution in [0, 0.1) is 0 Å². The van der Waals surface area contributed by atoms with Gasteiger partial charge in [-0.15, -0.1) is 0 Å². The number of fused-ring (bicyclic) bond motifs is 1. The van der Waals surface area contributed by atoms with E-state index in [9.17, 15) is 14.4 Å². The zero-order valence-corrected chi connectivity index (χ0v) is 10.8. The van der Waals surface area contributed by atoms with Crippen LogP contribution >= 0.6 is 0 Å². The molecule has 0 saturated heterocycles. The van der Waals surface area contributed by atoms with Gasteiger partial charge in [0.2, 0.25) is 5.91 Å². The number of amides is 3. The summed E-state index contributed by atoms with van der Waals surface area (Å²) in [7, 11) is 0. The Labute approximate surface area is 110 Å². The van der Waals surface area contributed by atoms with Crippen LogP contribution in [0.25, 0.3) is 0 Å². The molecule has 0 radical (unpaired) electrons. The summed E-state index contributed by atoms with van der Waals surface area (Å²) in [6, 6.07) is 4.65. The largest absolute Gasteiger partial charge is 0.398 e. The van der Waals surface area contributed by atoms with Crippen molar-refractivity contribution in [2.24, 2.45) is 0 Å². The van der Waals surface area contributed by atoms with E-state index in [1.807, 2.05) is 0 Å². The van der Waals surface area contributed by atoms with Crippen LogP contribution < -0.4 is 11.1 Å². The number of imide groups is 1. The molecule has 6 heteroatoms. The van der Waals surface area contributed by atoms with Gasteiger partial charge in [-0.2, -0.15) is 0 Å². The van der Waals surface area contributed by atoms with E-state index < -0.39 is 11.8 Å². The van der Waals surface area contributed by atoms with Gasteiger partial charge in [0.05, 0.1) is 11.1 Å². The Morgan fingerprint density at radius 3 is 2.58 bits per heavy atom. The first kappa shape index (κ1) is 13.1. The number of nitrogen functional groups attached to an aromatic ring is 1. The van der Waals surface area contributed by atoms with Crippen LogP contribution in [0.5, 0.6) is 0 Å². The lowest BCUT2D eigenvalue weighted by Gasteiger charge is -2.15. The number of benzene rings is 1. The molecule has 1 aromatic rings. The summed E-state index contributed by atoms with van der Waals surface area (Å²) < 4.78 is 0. The predicted molar refractivity (Wildman–Crippen MR) is 69.5 cm³/mol. The summed E-state index contributed by atoms with van der Waals surface area (Å²) in [5.74, 6) is -1.37. The zero-order valence-electron chi connectivity index (χ0n) is 10.8. The van der Waals surface area contributed by atoms with Crippen molar-refractivity contribution < 1.29 is 14.4 Å². The Bertz CT molecular complexity index is 566. The Morgan fingerprint density at radius 2 is 2.00 bits per heavy atom. The summed E-state index contributed by atoms with van der Waals surface area (Å²) in [5.41, 5.74) is 6.39. The molecule has 0 spiro atoms. The average Bonchev–Trinajstić information content (AvgIpc) is 2.54. The quantitative estimate of drug-likeness (QED) is 0.608. The molecule has 1 aliphatic heterocycles. The molecule has 19 heavy (non-hydrogen) atoms. The van der Waals surface area contributed by atoms with E-state index in [0.717, 1.165) is 4.90 Å². The van der Waals surface area contributed by atoms with Gasteiger partial charge in [-0.05, 0) is 26.0 Å². The van der Waals surface area contributed by atoms with Gasteiger partial charge >= 0.3 is 0 Å². The topological polar surface area (TPSA) is 92.5 Å². The first-order chi connectivity index (χ1) is 8.91. The van der Waals surface area contributed by atoms with E-state index in [2.05, 4.69) is 5.32 Å². The van der Waals surface area contributed by atoms with Crippen molar-refractivity contribution in [1.82, 2.24) is 10.2 Å². The Morgan fingerprint density at radius 1 is 1.32 bits per heavy atom. The van der Waals surface area contributed by atoms with Crippen LogP contribution in [0.15, 0.2) is 18.2 Å². The molecule has 0 bridgehead atoms. The SMILES string of the molecule is CC(C)NC(=O)CN1C(=O)c2cccc(N)c2C1=O. The Balaban J connectivity index is 2.23. The van der Waals surface area contributed by atoms with Gasteiger partial charge in [0.25, 0.3) is 11.8 Å². The van der Waals surface area contributed by atoms with Gasteiger partial charge < -0.3 is 11.1 Å². The molecule has 0 unspecified atom stereocenters. The van der Waals surface area contributed by atoms with Crippen molar-refractivity contribution in [2.45, 2.75) is 19.9 Å². The van der Waals surface area contributed by atoms with Crippen LogP contribution in [0.1, 0.15) is 34.6 Å². The summed E-state index contributed by atoms with van der Waals surface area (Å²) in [5, 5.41) is 2.64. The lowest BCUT2D eigenvalue weighted by atomic mass is 10.1. The number of nitrogens with one attached hydrogen (secondary N) is 1. The third-order valence-corrected chi connectivity index (χ3v) is 2.78. The molecule has 0 saturated carbocycles. The van der Waals surface area contributed by atoms with Gasteiger partial charge in [0, 0.05) is 11.7 Å². The fraction of sp³-hybridized carbons (Fsp3) is 0.308. The Kier molecular flexibility index (Phi) is 3.25. The number of nitrogens with zero attached hydrogens (tertiary/aromatic N) is 1. The van der Waals surface area contributed by atoms with Gasteiger partial charge in [-0.1, -0.05) is 6.07 Å². The zero-order chi connectivity index (χ0) is 14.2. The maximum atomic E-state index is 12.1. The van der Waals surface area contributed by atoms with Crippen LogP contribution in [-0.2, 0) is 4.79 Å². The van der Waals surface area contributed by atoms with E-state index in [4.69, 9.17) is 5.73 Å². The molecule has 0 fully saturated rings. The highest BCUT2D eigenvalue weighted by Crippen LogP contribution is 2.27. The van der Waals surface area contributed by atoms with Gasteiger partial charge in [0.15, 0.2) is 0 Å². The van der Waals surface area contributed by atoms with Crippen molar-refractivity contribution >= 4 is 23.4 Å². The molecule has 3 amide bonds. The summed E-state index contributed by atoms with van der Waals surface area (Å²) in [6.45, 7) is 3.32. The number of rotatable bonds is 3. The van der Waals surface area contributed by atoms with Crippen LogP contribution in [0.2, 0.25) is 0 Å². The fourth-order valence-electron chi connectivity index (χ4n) is 2.01. The monoisotopic (exact) mass is 261 g/mol. The maximum absolute atomic E-state index is 12.1. The first-order valence-corrected chi connectivity index (χ1v) is 5.96. The first-order valence-electron chi connectivity index (χ1n) is 5.96. The maximum Gasteiger partial charge on any atom is 0.264 e. The van der Waals surface area contributed by atoms with E-state index >= 15 is 0 Å². The van der Waals surface area contributed by atoms with Crippen LogP contribution in [0.4, 0.5) is 5.69 Å². The molecule has 1 aromatic carbocycles. The summed E-state index contributed by atoms with van der Waals surface area (Å²) in [4.78, 5) is 36.7. The minimum atomic E-state index is -0.517. The van der Waals surface area contributed by atoms with E-state index in [-0.39, 0.29) is 35.3 Å². The van der Waals surface area contributed by atoms with Crippen molar-refractivity contribution in [3.05, 3.63) is 29.3 Å². The van der Waals surface area contributed by atoms with Crippen LogP contribution in [-0.4, -0.2) is 35.2 Å². The number of carbonyl (C=O) groups is 3. The third-order valence-electron chi connectivity index (χ3n) is 2.78. The van der Waals surface area contributed by atoms with E-state index in [0.29, 0.717) is 0 Å². The highest BCUT2D eigenvalue weighted by Gasteiger charge is 2.37. The molecular weight excluding hydrogens is 246 g/mol. The minimum absolute atomic E-state index is 0.0484. The number of hydrogen-bond donors (Lipinski definition) is 2. The molecule has 3 N–H and O–H groups in total. The molecule has 6 nitrogen and oxygen atoms in total. The highest BCUT2D eigenvalue weighted by atomic mass is 16.2. The second kappa shape index (κ2) is 4.72. The van der Waals surface area contributed by atoms with Gasteiger partial charge in [0.1, 0.15) is 6.54 Å².